The third-order valence-corrected chi connectivity index (χ3v) is 1.25. The lowest BCUT2D eigenvalue weighted by atomic mass is 10.1. The van der Waals surface area contributed by atoms with Gasteiger partial charge in [-0.1, -0.05) is 25.7 Å². The molecule has 0 amide bonds. The Hall–Kier alpha value is -0.520. The molecule has 1 atom stereocenters. The third kappa shape index (κ3) is 4.01. The number of hydrazine groups is 1. The summed E-state index contributed by atoms with van der Waals surface area (Å²) in [6.07, 6.45) is 8.41. The molecule has 2 heteroatoms. The lowest BCUT2D eigenvalue weighted by Crippen LogP contribution is -2.33. The normalized spacial score (nSPS) is 12.6. The van der Waals surface area contributed by atoms with Gasteiger partial charge in [0, 0.05) is 0 Å². The quantitative estimate of drug-likeness (QED) is 0.329. The van der Waals surface area contributed by atoms with Crippen LogP contribution in [0.3, 0.4) is 0 Å². The fourth-order valence-electron chi connectivity index (χ4n) is 0.623. The van der Waals surface area contributed by atoms with Gasteiger partial charge in [0.15, 0.2) is 0 Å². The maximum absolute atomic E-state index is 5.13. The van der Waals surface area contributed by atoms with Gasteiger partial charge < -0.3 is 0 Å². The Kier molecular flexibility index (Phi) is 5.29. The van der Waals surface area contributed by atoms with Crippen LogP contribution in [0.5, 0.6) is 0 Å². The summed E-state index contributed by atoms with van der Waals surface area (Å²) >= 11 is 0. The van der Waals surface area contributed by atoms with Gasteiger partial charge in [-0.15, -0.1) is 6.42 Å². The van der Waals surface area contributed by atoms with Gasteiger partial charge in [0.1, 0.15) is 0 Å². The fraction of sp³-hybridized carbons (Fsp3) is 0.714. The highest BCUT2D eigenvalue weighted by Crippen LogP contribution is 1.97. The van der Waals surface area contributed by atoms with Crippen molar-refractivity contribution in [1.82, 2.24) is 5.43 Å². The van der Waals surface area contributed by atoms with Crippen molar-refractivity contribution in [3.05, 3.63) is 0 Å². The largest absolute Gasteiger partial charge is 0.270 e. The molecule has 0 heterocycles. The number of hydrogen-bond acceptors (Lipinski definition) is 2. The fourth-order valence-corrected chi connectivity index (χ4v) is 0.623. The standard InChI is InChI=1S/C7H14N2/c1-3-5-6-7(4-2)9-8/h2,7,9H,3,5-6,8H2,1H3. The van der Waals surface area contributed by atoms with Crippen molar-refractivity contribution in [1.29, 1.82) is 0 Å². The first-order valence-electron chi connectivity index (χ1n) is 3.27. The molecule has 1 unspecified atom stereocenters. The van der Waals surface area contributed by atoms with Gasteiger partial charge in [0.25, 0.3) is 0 Å². The molecule has 0 aliphatic rings. The molecule has 0 aliphatic carbocycles. The minimum absolute atomic E-state index is 0.0601. The summed E-state index contributed by atoms with van der Waals surface area (Å²) in [6.45, 7) is 2.13. The van der Waals surface area contributed by atoms with Gasteiger partial charge in [-0.3, -0.25) is 5.84 Å². The van der Waals surface area contributed by atoms with E-state index in [1.54, 1.807) is 0 Å². The second-order valence-corrected chi connectivity index (χ2v) is 2.03. The summed E-state index contributed by atoms with van der Waals surface area (Å²) in [4.78, 5) is 0. The highest BCUT2D eigenvalue weighted by Gasteiger charge is 1.97. The lowest BCUT2D eigenvalue weighted by molar-refractivity contribution is 0.563. The first-order chi connectivity index (χ1) is 4.35. The Bertz CT molecular complexity index is 93.6. The van der Waals surface area contributed by atoms with Crippen molar-refractivity contribution < 1.29 is 0 Å². The van der Waals surface area contributed by atoms with E-state index in [9.17, 15) is 0 Å². The van der Waals surface area contributed by atoms with E-state index < -0.39 is 0 Å². The summed E-state index contributed by atoms with van der Waals surface area (Å²) < 4.78 is 0. The summed E-state index contributed by atoms with van der Waals surface area (Å²) in [5, 5.41) is 0. The maximum Gasteiger partial charge on any atom is 0.0814 e. The number of terminal acetylenes is 1. The van der Waals surface area contributed by atoms with Crippen LogP contribution < -0.4 is 11.3 Å². The van der Waals surface area contributed by atoms with Crippen molar-refractivity contribution in [3.63, 3.8) is 0 Å². The molecule has 0 rings (SSSR count). The Balaban J connectivity index is 3.23. The topological polar surface area (TPSA) is 38.0 Å². The van der Waals surface area contributed by atoms with Crippen LogP contribution in [-0.2, 0) is 0 Å². The number of unbranched alkanes of at least 4 members (excludes halogenated alkanes) is 1. The molecule has 0 bridgehead atoms. The molecule has 0 aromatic rings. The molecule has 0 aromatic carbocycles. The lowest BCUT2D eigenvalue weighted by Gasteiger charge is -2.05. The van der Waals surface area contributed by atoms with E-state index in [0.717, 1.165) is 12.8 Å². The zero-order valence-electron chi connectivity index (χ0n) is 5.85. The molecule has 9 heavy (non-hydrogen) atoms. The zero-order chi connectivity index (χ0) is 7.11. The summed E-state index contributed by atoms with van der Waals surface area (Å²) in [6, 6.07) is 0.0601. The van der Waals surface area contributed by atoms with Crippen molar-refractivity contribution >= 4 is 0 Å². The molecule has 0 spiro atoms. The van der Waals surface area contributed by atoms with E-state index in [1.165, 1.54) is 6.42 Å². The van der Waals surface area contributed by atoms with Crippen molar-refractivity contribution in [2.75, 3.05) is 0 Å². The highest BCUT2D eigenvalue weighted by atomic mass is 15.2. The van der Waals surface area contributed by atoms with E-state index in [2.05, 4.69) is 18.3 Å². The van der Waals surface area contributed by atoms with E-state index in [4.69, 9.17) is 12.3 Å². The van der Waals surface area contributed by atoms with Crippen LogP contribution in [-0.4, -0.2) is 6.04 Å². The summed E-state index contributed by atoms with van der Waals surface area (Å²) in [5.41, 5.74) is 2.55. The van der Waals surface area contributed by atoms with Crippen LogP contribution in [0.1, 0.15) is 26.2 Å². The smallest absolute Gasteiger partial charge is 0.0814 e. The van der Waals surface area contributed by atoms with Crippen LogP contribution in [0.2, 0.25) is 0 Å². The van der Waals surface area contributed by atoms with Gasteiger partial charge in [-0.2, -0.15) is 0 Å². The minimum Gasteiger partial charge on any atom is -0.270 e. The summed E-state index contributed by atoms with van der Waals surface area (Å²) in [7, 11) is 0. The van der Waals surface area contributed by atoms with Gasteiger partial charge in [-0.05, 0) is 6.42 Å². The van der Waals surface area contributed by atoms with Gasteiger partial charge in [0.2, 0.25) is 0 Å². The van der Waals surface area contributed by atoms with Crippen molar-refractivity contribution in [3.8, 4) is 12.3 Å². The van der Waals surface area contributed by atoms with E-state index >= 15 is 0 Å². The molecule has 2 nitrogen and oxygen atoms in total. The molecular weight excluding hydrogens is 112 g/mol. The SMILES string of the molecule is C#CC(CCCC)NN. The minimum atomic E-state index is 0.0601. The molecule has 0 fully saturated rings. The molecule has 0 radical (unpaired) electrons. The van der Waals surface area contributed by atoms with E-state index in [-0.39, 0.29) is 6.04 Å². The number of rotatable bonds is 4. The van der Waals surface area contributed by atoms with Gasteiger partial charge in [0.05, 0.1) is 6.04 Å². The molecule has 52 valence electrons. The van der Waals surface area contributed by atoms with Crippen LogP contribution in [0.15, 0.2) is 0 Å². The van der Waals surface area contributed by atoms with Crippen LogP contribution >= 0.6 is 0 Å². The predicted molar refractivity (Wildman–Crippen MR) is 39.5 cm³/mol. The van der Waals surface area contributed by atoms with E-state index in [1.807, 2.05) is 0 Å². The molecule has 0 saturated carbocycles. The van der Waals surface area contributed by atoms with Gasteiger partial charge in [-0.25, -0.2) is 5.43 Å². The Labute approximate surface area is 56.8 Å². The van der Waals surface area contributed by atoms with Crippen LogP contribution in [0, 0.1) is 12.3 Å². The van der Waals surface area contributed by atoms with Crippen LogP contribution in [0.4, 0.5) is 0 Å². The second-order valence-electron chi connectivity index (χ2n) is 2.03. The Morgan fingerprint density at radius 1 is 1.78 bits per heavy atom. The molecule has 0 saturated heterocycles. The predicted octanol–water partition coefficient (Wildman–Crippen LogP) is 0.642. The third-order valence-electron chi connectivity index (χ3n) is 1.25. The van der Waals surface area contributed by atoms with Crippen molar-refractivity contribution in [2.24, 2.45) is 5.84 Å². The average molecular weight is 126 g/mol. The first-order valence-corrected chi connectivity index (χ1v) is 3.27. The number of nitrogens with two attached hydrogens (primary N) is 1. The van der Waals surface area contributed by atoms with Crippen LogP contribution in [0.25, 0.3) is 0 Å². The molecule has 3 N–H and O–H groups in total. The average Bonchev–Trinajstić information content (AvgIpc) is 1.91. The molecule has 0 aromatic heterocycles. The Morgan fingerprint density at radius 2 is 2.44 bits per heavy atom. The van der Waals surface area contributed by atoms with E-state index in [0.29, 0.717) is 0 Å². The second kappa shape index (κ2) is 5.61. The van der Waals surface area contributed by atoms with Gasteiger partial charge >= 0.3 is 0 Å². The highest BCUT2D eigenvalue weighted by molar-refractivity contribution is 4.97. The Morgan fingerprint density at radius 3 is 2.78 bits per heavy atom. The monoisotopic (exact) mass is 126 g/mol. The number of nitrogens with one attached hydrogen (secondary N) is 1. The summed E-state index contributed by atoms with van der Waals surface area (Å²) in [5.74, 6) is 7.68. The number of hydrogen-bond donors (Lipinski definition) is 2. The zero-order valence-corrected chi connectivity index (χ0v) is 5.85. The molecular formula is C7H14N2. The maximum atomic E-state index is 5.13. The first kappa shape index (κ1) is 8.48. The molecule has 0 aliphatic heterocycles. The van der Waals surface area contributed by atoms with Crippen molar-refractivity contribution in [2.45, 2.75) is 32.2 Å².